The minimum atomic E-state index is -1.05. The monoisotopic (exact) mass is 410 g/mol. The fourth-order valence-electron chi connectivity index (χ4n) is 3.87. The predicted octanol–water partition coefficient (Wildman–Crippen LogP) is 2.80. The number of esters is 1. The molecule has 0 aromatic heterocycles. The molecule has 7 atom stereocenters. The largest absolute Gasteiger partial charge is 0.462 e. The summed E-state index contributed by atoms with van der Waals surface area (Å²) in [6.07, 6.45) is 4.09. The molecule has 3 N–H and O–H groups in total. The van der Waals surface area contributed by atoms with Gasteiger partial charge < -0.3 is 20.1 Å². The van der Waals surface area contributed by atoms with E-state index < -0.39 is 36.1 Å². The zero-order chi connectivity index (χ0) is 22.1. The maximum atomic E-state index is 12.5. The zero-order valence-corrected chi connectivity index (χ0v) is 18.4. The van der Waals surface area contributed by atoms with Gasteiger partial charge in [-0.2, -0.15) is 0 Å². The summed E-state index contributed by atoms with van der Waals surface area (Å²) in [6.45, 7) is 8.99. The van der Waals surface area contributed by atoms with Crippen molar-refractivity contribution in [2.45, 2.75) is 78.6 Å². The first kappa shape index (κ1) is 25.5. The molecule has 6 heteroatoms. The molecule has 29 heavy (non-hydrogen) atoms. The van der Waals surface area contributed by atoms with E-state index in [2.05, 4.69) is 0 Å². The lowest BCUT2D eigenvalue weighted by molar-refractivity contribution is -0.155. The molecule has 166 valence electrons. The second-order valence-electron chi connectivity index (χ2n) is 8.36. The van der Waals surface area contributed by atoms with Gasteiger partial charge in [-0.05, 0) is 31.8 Å². The molecule has 0 unspecified atom stereocenters. The molecule has 0 aromatic rings. The number of aliphatic hydroxyl groups is 3. The van der Waals surface area contributed by atoms with Gasteiger partial charge in [0.05, 0.1) is 25.2 Å². The van der Waals surface area contributed by atoms with Crippen molar-refractivity contribution in [1.82, 2.24) is 0 Å². The van der Waals surface area contributed by atoms with Crippen LogP contribution >= 0.6 is 0 Å². The lowest BCUT2D eigenvalue weighted by Gasteiger charge is -2.31. The van der Waals surface area contributed by atoms with E-state index in [-0.39, 0.29) is 30.6 Å². The summed E-state index contributed by atoms with van der Waals surface area (Å²) >= 11 is 0. The molecule has 0 aromatic carbocycles. The third-order valence-electron chi connectivity index (χ3n) is 6.03. The van der Waals surface area contributed by atoms with Gasteiger partial charge in [-0.3, -0.25) is 9.59 Å². The highest BCUT2D eigenvalue weighted by Crippen LogP contribution is 2.28. The van der Waals surface area contributed by atoms with Gasteiger partial charge >= 0.3 is 5.97 Å². The van der Waals surface area contributed by atoms with Crippen molar-refractivity contribution in [2.24, 2.45) is 23.7 Å². The van der Waals surface area contributed by atoms with Crippen molar-refractivity contribution in [2.75, 3.05) is 6.61 Å². The Bertz CT molecular complexity index is 596. The van der Waals surface area contributed by atoms with Crippen LogP contribution in [0, 0.1) is 23.7 Å². The van der Waals surface area contributed by atoms with E-state index in [1.807, 2.05) is 27.7 Å². The number of aliphatic hydroxyl groups excluding tert-OH is 3. The van der Waals surface area contributed by atoms with Crippen molar-refractivity contribution in [3.8, 4) is 0 Å². The van der Waals surface area contributed by atoms with E-state index in [1.165, 1.54) is 6.08 Å². The highest BCUT2D eigenvalue weighted by molar-refractivity contribution is 5.91. The van der Waals surface area contributed by atoms with Gasteiger partial charge in [0.15, 0.2) is 5.78 Å². The van der Waals surface area contributed by atoms with Crippen LogP contribution in [-0.2, 0) is 14.3 Å². The number of carbonyl (C=O) groups is 2. The number of allylic oxidation sites excluding steroid dienone is 3. The fraction of sp³-hybridized carbons (Fsp3) is 0.739. The Balaban J connectivity index is 3.23. The molecule has 6 nitrogen and oxygen atoms in total. The van der Waals surface area contributed by atoms with Crippen molar-refractivity contribution in [3.63, 3.8) is 0 Å². The maximum Gasteiger partial charge on any atom is 0.308 e. The molecular weight excluding hydrogens is 372 g/mol. The average Bonchev–Trinajstić information content (AvgIpc) is 2.70. The molecule has 0 saturated carbocycles. The number of hydrogen-bond acceptors (Lipinski definition) is 6. The first-order valence-corrected chi connectivity index (χ1v) is 10.7. The summed E-state index contributed by atoms with van der Waals surface area (Å²) in [6, 6.07) is 0. The summed E-state index contributed by atoms with van der Waals surface area (Å²) in [5.74, 6) is -1.93. The highest BCUT2D eigenvalue weighted by atomic mass is 16.5. The van der Waals surface area contributed by atoms with E-state index in [4.69, 9.17) is 4.74 Å². The Morgan fingerprint density at radius 1 is 1.10 bits per heavy atom. The minimum Gasteiger partial charge on any atom is -0.462 e. The summed E-state index contributed by atoms with van der Waals surface area (Å²) < 4.78 is 5.52. The first-order chi connectivity index (χ1) is 13.6. The number of hydrogen-bond donors (Lipinski definition) is 3. The number of ketones is 1. The summed E-state index contributed by atoms with van der Waals surface area (Å²) in [5, 5.41) is 31.0. The normalized spacial score (nSPS) is 38.8. The average molecular weight is 411 g/mol. The summed E-state index contributed by atoms with van der Waals surface area (Å²) in [7, 11) is 0. The molecule has 0 amide bonds. The number of carbonyl (C=O) groups excluding carboxylic acids is 2. The van der Waals surface area contributed by atoms with Gasteiger partial charge in [0.2, 0.25) is 0 Å². The Labute approximate surface area is 174 Å². The molecule has 0 radical (unpaired) electrons. The molecule has 1 aliphatic heterocycles. The van der Waals surface area contributed by atoms with Gasteiger partial charge in [-0.1, -0.05) is 51.8 Å². The SMILES string of the molecule is CC[C@H]1C[C@@H](C)C(=O)/C=C/C(C)=C/[C@H](CO)[C@@H](CC)OC(=O)C[C@@H](O)[C@H](C)[C@H]1O. The molecule has 1 heterocycles. The van der Waals surface area contributed by atoms with Crippen LogP contribution < -0.4 is 0 Å². The van der Waals surface area contributed by atoms with Crippen LogP contribution in [0.3, 0.4) is 0 Å². The van der Waals surface area contributed by atoms with Crippen molar-refractivity contribution < 1.29 is 29.6 Å². The minimum absolute atomic E-state index is 0.0253. The van der Waals surface area contributed by atoms with E-state index >= 15 is 0 Å². The Morgan fingerprint density at radius 3 is 2.31 bits per heavy atom. The van der Waals surface area contributed by atoms with Gasteiger partial charge in [0, 0.05) is 17.8 Å². The Morgan fingerprint density at radius 2 is 1.76 bits per heavy atom. The summed E-state index contributed by atoms with van der Waals surface area (Å²) in [5.41, 5.74) is 0.798. The van der Waals surface area contributed by atoms with Crippen LogP contribution in [0.25, 0.3) is 0 Å². The van der Waals surface area contributed by atoms with Crippen molar-refractivity contribution in [3.05, 3.63) is 23.8 Å². The zero-order valence-electron chi connectivity index (χ0n) is 18.4. The quantitative estimate of drug-likeness (QED) is 0.618. The van der Waals surface area contributed by atoms with Crippen LogP contribution in [0.5, 0.6) is 0 Å². The Kier molecular flexibility index (Phi) is 10.8. The molecule has 0 saturated heterocycles. The molecule has 0 fully saturated rings. The van der Waals surface area contributed by atoms with E-state index in [9.17, 15) is 24.9 Å². The van der Waals surface area contributed by atoms with E-state index in [0.29, 0.717) is 19.3 Å². The second kappa shape index (κ2) is 12.3. The van der Waals surface area contributed by atoms with Crippen molar-refractivity contribution >= 4 is 11.8 Å². The summed E-state index contributed by atoms with van der Waals surface area (Å²) in [4.78, 5) is 24.9. The number of cyclic esters (lactones) is 1. The van der Waals surface area contributed by atoms with E-state index in [1.54, 1.807) is 19.1 Å². The fourth-order valence-corrected chi connectivity index (χ4v) is 3.87. The van der Waals surface area contributed by atoms with Gasteiger partial charge in [0.1, 0.15) is 6.10 Å². The third-order valence-corrected chi connectivity index (χ3v) is 6.03. The Hall–Kier alpha value is -1.50. The van der Waals surface area contributed by atoms with E-state index in [0.717, 1.165) is 5.57 Å². The first-order valence-electron chi connectivity index (χ1n) is 10.7. The number of rotatable bonds is 3. The molecule has 1 aliphatic rings. The lowest BCUT2D eigenvalue weighted by atomic mass is 9.80. The van der Waals surface area contributed by atoms with Gasteiger partial charge in [-0.25, -0.2) is 0 Å². The van der Waals surface area contributed by atoms with Crippen LogP contribution in [0.15, 0.2) is 23.8 Å². The van der Waals surface area contributed by atoms with Crippen LogP contribution in [0.2, 0.25) is 0 Å². The molecule has 1 rings (SSSR count). The standard InChI is InChI=1S/C23H38O6/c1-6-17-11-15(4)19(25)9-8-14(3)10-18(13-24)21(7-2)29-22(27)12-20(26)16(5)23(17)28/h8-10,15-18,20-21,23-24,26,28H,6-7,11-13H2,1-5H3/b9-8+,14-10+/t15-,16+,17+,18-,20-,21-,23-/m1/s1. The maximum absolute atomic E-state index is 12.5. The molecule has 0 bridgehead atoms. The number of ether oxygens (including phenoxy) is 1. The predicted molar refractivity (Wildman–Crippen MR) is 112 cm³/mol. The third kappa shape index (κ3) is 7.68. The topological polar surface area (TPSA) is 104 Å². The molecular formula is C23H38O6. The van der Waals surface area contributed by atoms with Crippen LogP contribution in [0.4, 0.5) is 0 Å². The van der Waals surface area contributed by atoms with Crippen LogP contribution in [0.1, 0.15) is 60.3 Å². The lowest BCUT2D eigenvalue weighted by Crippen LogP contribution is -2.38. The van der Waals surface area contributed by atoms with Crippen molar-refractivity contribution in [1.29, 1.82) is 0 Å². The van der Waals surface area contributed by atoms with Gasteiger partial charge in [-0.15, -0.1) is 0 Å². The van der Waals surface area contributed by atoms with Gasteiger partial charge in [0.25, 0.3) is 0 Å². The molecule has 0 aliphatic carbocycles. The second-order valence-corrected chi connectivity index (χ2v) is 8.36. The smallest absolute Gasteiger partial charge is 0.308 e. The highest BCUT2D eigenvalue weighted by Gasteiger charge is 2.32. The molecule has 0 spiro atoms. The van der Waals surface area contributed by atoms with Crippen LogP contribution in [-0.4, -0.2) is 52.0 Å².